The maximum atomic E-state index is 11.7. The van der Waals surface area contributed by atoms with Gasteiger partial charge < -0.3 is 15.2 Å². The van der Waals surface area contributed by atoms with Crippen LogP contribution in [-0.2, 0) is 9.53 Å². The molecule has 0 aliphatic carbocycles. The van der Waals surface area contributed by atoms with Crippen molar-refractivity contribution < 1.29 is 19.4 Å². The normalized spacial score (nSPS) is 10.1. The molecule has 1 aromatic rings. The van der Waals surface area contributed by atoms with Crippen LogP contribution >= 0.6 is 23.2 Å². The van der Waals surface area contributed by atoms with Crippen molar-refractivity contribution in [3.63, 3.8) is 0 Å². The number of carboxylic acid groups (broad SMARTS) is 1. The SMILES string of the molecule is O=C(O)COCCNC(=O)c1cccc(Cl)c1Cl. The van der Waals surface area contributed by atoms with E-state index >= 15 is 0 Å². The van der Waals surface area contributed by atoms with Gasteiger partial charge in [-0.05, 0) is 12.1 Å². The first-order valence-electron chi connectivity index (χ1n) is 5.04. The second-order valence-corrected chi connectivity index (χ2v) is 4.09. The van der Waals surface area contributed by atoms with E-state index in [-0.39, 0.29) is 29.6 Å². The Morgan fingerprint density at radius 3 is 2.72 bits per heavy atom. The number of aliphatic carboxylic acids is 1. The molecule has 2 N–H and O–H groups in total. The highest BCUT2D eigenvalue weighted by Gasteiger charge is 2.11. The Hall–Kier alpha value is -1.30. The van der Waals surface area contributed by atoms with Crippen LogP contribution in [0.2, 0.25) is 10.0 Å². The molecule has 0 atom stereocenters. The zero-order chi connectivity index (χ0) is 13.5. The number of nitrogens with one attached hydrogen (secondary N) is 1. The summed E-state index contributed by atoms with van der Waals surface area (Å²) in [5.41, 5.74) is 0.266. The van der Waals surface area contributed by atoms with Crippen LogP contribution in [0.1, 0.15) is 10.4 Å². The standard InChI is InChI=1S/C11H11Cl2NO4/c12-8-3-1-2-7(10(8)13)11(17)14-4-5-18-6-9(15)16/h1-3H,4-6H2,(H,14,17)(H,15,16). The number of benzene rings is 1. The molecule has 0 saturated carbocycles. The van der Waals surface area contributed by atoms with Crippen LogP contribution in [0.3, 0.4) is 0 Å². The summed E-state index contributed by atoms with van der Waals surface area (Å²) in [6.07, 6.45) is 0. The molecule has 1 rings (SSSR count). The molecule has 0 aromatic heterocycles. The Morgan fingerprint density at radius 1 is 1.33 bits per heavy atom. The summed E-state index contributed by atoms with van der Waals surface area (Å²) < 4.78 is 4.76. The molecular formula is C11H11Cl2NO4. The number of carboxylic acids is 1. The Morgan fingerprint density at radius 2 is 2.06 bits per heavy atom. The van der Waals surface area contributed by atoms with Gasteiger partial charge in [0.05, 0.1) is 22.2 Å². The summed E-state index contributed by atoms with van der Waals surface area (Å²) in [5.74, 6) is -1.44. The van der Waals surface area contributed by atoms with E-state index < -0.39 is 12.6 Å². The average Bonchev–Trinajstić information content (AvgIpc) is 2.31. The number of carbonyl (C=O) groups is 2. The zero-order valence-electron chi connectivity index (χ0n) is 9.28. The van der Waals surface area contributed by atoms with E-state index in [4.69, 9.17) is 33.0 Å². The van der Waals surface area contributed by atoms with E-state index in [1.807, 2.05) is 0 Å². The fourth-order valence-corrected chi connectivity index (χ4v) is 1.56. The molecule has 1 amide bonds. The van der Waals surface area contributed by atoms with E-state index in [1.165, 1.54) is 0 Å². The maximum absolute atomic E-state index is 11.7. The highest BCUT2D eigenvalue weighted by molar-refractivity contribution is 6.43. The third-order valence-electron chi connectivity index (χ3n) is 1.95. The van der Waals surface area contributed by atoms with Gasteiger partial charge in [0.25, 0.3) is 5.91 Å². The van der Waals surface area contributed by atoms with E-state index in [0.717, 1.165) is 0 Å². The lowest BCUT2D eigenvalue weighted by Gasteiger charge is -2.07. The summed E-state index contributed by atoms with van der Waals surface area (Å²) in [6.45, 7) is -0.0982. The van der Waals surface area contributed by atoms with Crippen molar-refractivity contribution in [3.8, 4) is 0 Å². The molecule has 98 valence electrons. The molecule has 0 unspecified atom stereocenters. The van der Waals surface area contributed by atoms with Gasteiger partial charge in [-0.1, -0.05) is 29.3 Å². The third kappa shape index (κ3) is 4.52. The summed E-state index contributed by atoms with van der Waals surface area (Å²) in [4.78, 5) is 21.8. The van der Waals surface area contributed by atoms with E-state index in [9.17, 15) is 9.59 Å². The minimum absolute atomic E-state index is 0.107. The van der Waals surface area contributed by atoms with Gasteiger partial charge >= 0.3 is 5.97 Å². The highest BCUT2D eigenvalue weighted by Crippen LogP contribution is 2.25. The molecule has 0 fully saturated rings. The van der Waals surface area contributed by atoms with Gasteiger partial charge in [0.1, 0.15) is 6.61 Å². The number of hydrogen-bond acceptors (Lipinski definition) is 3. The fourth-order valence-electron chi connectivity index (χ4n) is 1.17. The molecule has 0 saturated heterocycles. The molecule has 0 bridgehead atoms. The van der Waals surface area contributed by atoms with Gasteiger partial charge in [-0.3, -0.25) is 4.79 Å². The number of rotatable bonds is 6. The minimum Gasteiger partial charge on any atom is -0.480 e. The van der Waals surface area contributed by atoms with E-state index in [0.29, 0.717) is 5.02 Å². The van der Waals surface area contributed by atoms with Crippen molar-refractivity contribution in [1.82, 2.24) is 5.32 Å². The summed E-state index contributed by atoms with van der Waals surface area (Å²) in [5, 5.41) is 11.3. The highest BCUT2D eigenvalue weighted by atomic mass is 35.5. The first-order valence-corrected chi connectivity index (χ1v) is 5.79. The first kappa shape index (κ1) is 14.8. The van der Waals surface area contributed by atoms with Gasteiger partial charge in [0.15, 0.2) is 0 Å². The molecular weight excluding hydrogens is 281 g/mol. The van der Waals surface area contributed by atoms with Crippen molar-refractivity contribution in [1.29, 1.82) is 0 Å². The predicted molar refractivity (Wildman–Crippen MR) is 67.3 cm³/mol. The molecule has 0 aliphatic rings. The van der Waals surface area contributed by atoms with Gasteiger partial charge in [0, 0.05) is 6.54 Å². The van der Waals surface area contributed by atoms with Crippen molar-refractivity contribution >= 4 is 35.1 Å². The largest absolute Gasteiger partial charge is 0.480 e. The summed E-state index contributed by atoms with van der Waals surface area (Å²) >= 11 is 11.6. The van der Waals surface area contributed by atoms with Crippen LogP contribution in [0.25, 0.3) is 0 Å². The lowest BCUT2D eigenvalue weighted by Crippen LogP contribution is -2.28. The Kier molecular flexibility index (Phi) is 5.91. The number of halogens is 2. The van der Waals surface area contributed by atoms with Crippen molar-refractivity contribution in [2.45, 2.75) is 0 Å². The first-order chi connectivity index (χ1) is 8.52. The van der Waals surface area contributed by atoms with Gasteiger partial charge in [-0.25, -0.2) is 4.79 Å². The topological polar surface area (TPSA) is 75.6 Å². The van der Waals surface area contributed by atoms with Crippen molar-refractivity contribution in [3.05, 3.63) is 33.8 Å². The van der Waals surface area contributed by atoms with Crippen LogP contribution < -0.4 is 5.32 Å². The summed E-state index contributed by atoms with van der Waals surface area (Å²) in [6, 6.07) is 4.74. The maximum Gasteiger partial charge on any atom is 0.329 e. The third-order valence-corrected chi connectivity index (χ3v) is 2.77. The average molecular weight is 292 g/mol. The Bertz CT molecular complexity index is 451. The van der Waals surface area contributed by atoms with Gasteiger partial charge in [-0.15, -0.1) is 0 Å². The van der Waals surface area contributed by atoms with Crippen LogP contribution in [0.4, 0.5) is 0 Å². The Balaban J connectivity index is 2.41. The lowest BCUT2D eigenvalue weighted by atomic mass is 10.2. The quantitative estimate of drug-likeness (QED) is 0.784. The van der Waals surface area contributed by atoms with Crippen molar-refractivity contribution in [2.75, 3.05) is 19.8 Å². The molecule has 18 heavy (non-hydrogen) atoms. The number of hydrogen-bond donors (Lipinski definition) is 2. The van der Waals surface area contributed by atoms with Crippen LogP contribution in [-0.4, -0.2) is 36.7 Å². The predicted octanol–water partition coefficient (Wildman–Crippen LogP) is 1.82. The van der Waals surface area contributed by atoms with Crippen LogP contribution in [0.15, 0.2) is 18.2 Å². The molecule has 0 heterocycles. The second-order valence-electron chi connectivity index (χ2n) is 3.30. The second kappa shape index (κ2) is 7.20. The number of carbonyl (C=O) groups excluding carboxylic acids is 1. The molecule has 5 nitrogen and oxygen atoms in total. The van der Waals surface area contributed by atoms with Gasteiger partial charge in [0.2, 0.25) is 0 Å². The zero-order valence-corrected chi connectivity index (χ0v) is 10.8. The Labute approximate surface area is 114 Å². The van der Waals surface area contributed by atoms with Crippen LogP contribution in [0.5, 0.6) is 0 Å². The van der Waals surface area contributed by atoms with Crippen molar-refractivity contribution in [2.24, 2.45) is 0 Å². The van der Waals surface area contributed by atoms with Crippen LogP contribution in [0, 0.1) is 0 Å². The number of amides is 1. The fraction of sp³-hybridized carbons (Fsp3) is 0.273. The summed E-state index contributed by atoms with van der Waals surface area (Å²) in [7, 11) is 0. The van der Waals surface area contributed by atoms with E-state index in [2.05, 4.69) is 5.32 Å². The minimum atomic E-state index is -1.06. The number of ether oxygens (including phenoxy) is 1. The molecule has 0 spiro atoms. The smallest absolute Gasteiger partial charge is 0.329 e. The lowest BCUT2D eigenvalue weighted by molar-refractivity contribution is -0.142. The molecule has 1 aromatic carbocycles. The monoisotopic (exact) mass is 291 g/mol. The van der Waals surface area contributed by atoms with Gasteiger partial charge in [-0.2, -0.15) is 0 Å². The molecule has 0 aliphatic heterocycles. The molecule has 7 heteroatoms. The molecule has 0 radical (unpaired) electrons. The van der Waals surface area contributed by atoms with E-state index in [1.54, 1.807) is 18.2 Å².